The van der Waals surface area contributed by atoms with E-state index in [0.29, 0.717) is 30.1 Å². The summed E-state index contributed by atoms with van der Waals surface area (Å²) in [4.78, 5) is 15.8. The number of aromatic amines is 1. The molecule has 4 rings (SSSR count). The Labute approximate surface area is 167 Å². The minimum Gasteiger partial charge on any atom is -0.497 e. The molecule has 1 aliphatic rings. The van der Waals surface area contributed by atoms with Gasteiger partial charge < -0.3 is 4.74 Å². The van der Waals surface area contributed by atoms with Gasteiger partial charge in [0.05, 0.1) is 23.9 Å². The number of ether oxygens (including phenoxy) is 1. The van der Waals surface area contributed by atoms with Crippen molar-refractivity contribution < 1.29 is 13.9 Å². The number of nitrogens with one attached hydrogen (secondary N) is 1. The van der Waals surface area contributed by atoms with Crippen LogP contribution in [0.2, 0.25) is 0 Å². The van der Waals surface area contributed by atoms with Crippen molar-refractivity contribution in [2.75, 3.05) is 20.2 Å². The summed E-state index contributed by atoms with van der Waals surface area (Å²) < 4.78 is 19.6. The second kappa shape index (κ2) is 8.24. The zero-order valence-electron chi connectivity index (χ0n) is 15.7. The maximum atomic E-state index is 14.5. The Bertz CT molecular complexity index is 954. The van der Waals surface area contributed by atoms with Crippen LogP contribution in [0.3, 0.4) is 0 Å². The number of benzene rings is 1. The molecule has 0 saturated carbocycles. The van der Waals surface area contributed by atoms with Gasteiger partial charge in [0.25, 0.3) is 0 Å². The molecule has 1 atom stereocenters. The Morgan fingerprint density at radius 1 is 1.43 bits per heavy atom. The summed E-state index contributed by atoms with van der Waals surface area (Å²) >= 11 is 1.50. The Balaban J connectivity index is 1.49. The fraction of sp³-hybridized carbons (Fsp3) is 0.333. The number of likely N-dealkylation sites (tertiary alicyclic amines) is 1. The fourth-order valence-corrected chi connectivity index (χ4v) is 4.51. The predicted molar refractivity (Wildman–Crippen MR) is 107 cm³/mol. The van der Waals surface area contributed by atoms with Crippen molar-refractivity contribution in [1.82, 2.24) is 15.1 Å². The first kappa shape index (κ1) is 18.8. The van der Waals surface area contributed by atoms with Crippen molar-refractivity contribution in [3.8, 4) is 17.0 Å². The topological polar surface area (TPSA) is 58.2 Å². The first-order chi connectivity index (χ1) is 13.7. The average molecular weight is 399 g/mol. The lowest BCUT2D eigenvalue weighted by Gasteiger charge is -2.31. The second-order valence-electron chi connectivity index (χ2n) is 7.03. The highest BCUT2D eigenvalue weighted by atomic mass is 32.1. The van der Waals surface area contributed by atoms with Gasteiger partial charge in [-0.2, -0.15) is 5.10 Å². The first-order valence-electron chi connectivity index (χ1n) is 9.32. The molecule has 146 valence electrons. The molecule has 7 heteroatoms. The molecule has 1 saturated heterocycles. The van der Waals surface area contributed by atoms with Crippen molar-refractivity contribution >= 4 is 17.1 Å². The third-order valence-electron chi connectivity index (χ3n) is 5.20. The van der Waals surface area contributed by atoms with Crippen LogP contribution < -0.4 is 4.74 Å². The minimum atomic E-state index is -0.353. The van der Waals surface area contributed by atoms with E-state index in [9.17, 15) is 9.18 Å². The number of Topliss-reactive ketones (excluding diaryl/α,β-unsaturated/α-hetero) is 1. The van der Waals surface area contributed by atoms with Crippen LogP contribution in [0.5, 0.6) is 5.75 Å². The van der Waals surface area contributed by atoms with Crippen LogP contribution in [-0.2, 0) is 6.54 Å². The lowest BCUT2D eigenvalue weighted by Crippen LogP contribution is -2.38. The number of methoxy groups -OCH3 is 1. The molecule has 0 spiro atoms. The van der Waals surface area contributed by atoms with Crippen LogP contribution in [0.15, 0.2) is 41.9 Å². The van der Waals surface area contributed by atoms with Gasteiger partial charge in [0, 0.05) is 36.2 Å². The smallest absolute Gasteiger partial charge is 0.177 e. The molecule has 1 N–H and O–H groups in total. The van der Waals surface area contributed by atoms with Crippen molar-refractivity contribution in [1.29, 1.82) is 0 Å². The van der Waals surface area contributed by atoms with E-state index >= 15 is 0 Å². The molecular weight excluding hydrogens is 377 g/mol. The highest BCUT2D eigenvalue weighted by Crippen LogP contribution is 2.29. The molecular formula is C21H22FN3O2S. The number of piperidine rings is 1. The molecule has 5 nitrogen and oxygen atoms in total. The Morgan fingerprint density at radius 2 is 2.32 bits per heavy atom. The van der Waals surface area contributed by atoms with Gasteiger partial charge in [-0.05, 0) is 43.0 Å². The molecule has 1 aliphatic heterocycles. The number of carbonyl (C=O) groups is 1. The Kier molecular flexibility index (Phi) is 5.54. The lowest BCUT2D eigenvalue weighted by molar-refractivity contribution is 0.0816. The molecule has 3 aromatic rings. The van der Waals surface area contributed by atoms with E-state index in [1.54, 1.807) is 18.3 Å². The molecule has 0 bridgehead atoms. The van der Waals surface area contributed by atoms with E-state index in [-0.39, 0.29) is 17.5 Å². The summed E-state index contributed by atoms with van der Waals surface area (Å²) in [5, 5.41) is 8.99. The Morgan fingerprint density at radius 3 is 3.07 bits per heavy atom. The predicted octanol–water partition coefficient (Wildman–Crippen LogP) is 4.38. The third-order valence-corrected chi connectivity index (χ3v) is 6.08. The van der Waals surface area contributed by atoms with Crippen LogP contribution in [0.1, 0.15) is 28.1 Å². The summed E-state index contributed by atoms with van der Waals surface area (Å²) in [5.41, 5.74) is 2.07. The maximum absolute atomic E-state index is 14.5. The summed E-state index contributed by atoms with van der Waals surface area (Å²) in [6.07, 6.45) is 3.63. The van der Waals surface area contributed by atoms with Crippen LogP contribution in [-0.4, -0.2) is 41.1 Å². The van der Waals surface area contributed by atoms with Crippen molar-refractivity contribution in [2.45, 2.75) is 19.4 Å². The normalized spacial score (nSPS) is 17.6. The van der Waals surface area contributed by atoms with Crippen LogP contribution in [0, 0.1) is 11.7 Å². The fourth-order valence-electron chi connectivity index (χ4n) is 3.76. The van der Waals surface area contributed by atoms with Gasteiger partial charge in [-0.3, -0.25) is 14.8 Å². The molecule has 2 aromatic heterocycles. The van der Waals surface area contributed by atoms with Crippen molar-refractivity contribution in [3.63, 3.8) is 0 Å². The van der Waals surface area contributed by atoms with Crippen molar-refractivity contribution in [2.24, 2.45) is 5.92 Å². The summed E-state index contributed by atoms with van der Waals surface area (Å²) in [7, 11) is 1.51. The number of nitrogens with zero attached hydrogens (tertiary/aromatic N) is 2. The number of carbonyl (C=O) groups excluding carboxylic acids is 1. The van der Waals surface area contributed by atoms with E-state index in [1.165, 1.54) is 24.5 Å². The quantitative estimate of drug-likeness (QED) is 0.625. The number of hydrogen-bond donors (Lipinski definition) is 1. The molecule has 0 amide bonds. The van der Waals surface area contributed by atoms with E-state index in [2.05, 4.69) is 15.1 Å². The summed E-state index contributed by atoms with van der Waals surface area (Å²) in [6, 6.07) is 8.62. The SMILES string of the molecule is COc1ccc(-c2[nH]ncc2CN2CCCC(C(=O)c3cccs3)C2)c(F)c1. The zero-order chi connectivity index (χ0) is 19.5. The van der Waals surface area contributed by atoms with E-state index < -0.39 is 0 Å². The second-order valence-corrected chi connectivity index (χ2v) is 7.98. The number of rotatable bonds is 6. The molecule has 0 aliphatic carbocycles. The van der Waals surface area contributed by atoms with E-state index in [1.807, 2.05) is 17.5 Å². The molecule has 1 unspecified atom stereocenters. The third kappa shape index (κ3) is 3.86. The van der Waals surface area contributed by atoms with Gasteiger partial charge in [0.15, 0.2) is 5.78 Å². The molecule has 1 aromatic carbocycles. The number of aromatic nitrogens is 2. The van der Waals surface area contributed by atoms with Gasteiger partial charge in [-0.15, -0.1) is 11.3 Å². The lowest BCUT2D eigenvalue weighted by atomic mass is 9.92. The standard InChI is InChI=1S/C21H22FN3O2S/c1-27-16-6-7-17(18(22)10-16)20-15(11-23-24-20)13-25-8-2-4-14(12-25)21(26)19-5-3-9-28-19/h3,5-7,9-11,14H,2,4,8,12-13H2,1H3,(H,23,24). The molecule has 1 fully saturated rings. The first-order valence-corrected chi connectivity index (χ1v) is 10.2. The van der Waals surface area contributed by atoms with Gasteiger partial charge >= 0.3 is 0 Å². The van der Waals surface area contributed by atoms with Gasteiger partial charge in [-0.25, -0.2) is 4.39 Å². The highest BCUT2D eigenvalue weighted by molar-refractivity contribution is 7.12. The molecule has 0 radical (unpaired) electrons. The number of hydrogen-bond acceptors (Lipinski definition) is 5. The molecule has 28 heavy (non-hydrogen) atoms. The number of halogens is 1. The van der Waals surface area contributed by atoms with Gasteiger partial charge in [0.2, 0.25) is 0 Å². The average Bonchev–Trinajstić information content (AvgIpc) is 3.40. The van der Waals surface area contributed by atoms with Gasteiger partial charge in [-0.1, -0.05) is 6.07 Å². The number of H-pyrrole nitrogens is 1. The largest absolute Gasteiger partial charge is 0.497 e. The summed E-state index contributed by atoms with van der Waals surface area (Å²) in [6.45, 7) is 2.27. The summed E-state index contributed by atoms with van der Waals surface area (Å²) in [5.74, 6) is 0.372. The number of thiophene rings is 1. The van der Waals surface area contributed by atoms with Crippen LogP contribution in [0.4, 0.5) is 4.39 Å². The van der Waals surface area contributed by atoms with E-state index in [0.717, 1.165) is 29.8 Å². The zero-order valence-corrected chi connectivity index (χ0v) is 16.5. The van der Waals surface area contributed by atoms with E-state index in [4.69, 9.17) is 4.74 Å². The maximum Gasteiger partial charge on any atom is 0.177 e. The van der Waals surface area contributed by atoms with Gasteiger partial charge in [0.1, 0.15) is 11.6 Å². The van der Waals surface area contributed by atoms with Crippen LogP contribution in [0.25, 0.3) is 11.3 Å². The Hall–Kier alpha value is -2.51. The monoisotopic (exact) mass is 399 g/mol. The van der Waals surface area contributed by atoms with Crippen LogP contribution >= 0.6 is 11.3 Å². The highest BCUT2D eigenvalue weighted by Gasteiger charge is 2.28. The molecule has 3 heterocycles. The van der Waals surface area contributed by atoms with Crippen molar-refractivity contribution in [3.05, 3.63) is 58.2 Å². The number of ketones is 1. The minimum absolute atomic E-state index is 0.0143.